The van der Waals surface area contributed by atoms with E-state index >= 15 is 0 Å². The largest absolute Gasteiger partial charge is 0.338 e. The van der Waals surface area contributed by atoms with Crippen molar-refractivity contribution in [3.63, 3.8) is 0 Å². The zero-order valence-corrected chi connectivity index (χ0v) is 16.7. The Bertz CT molecular complexity index is 1330. The molecule has 1 atom stereocenters. The molecule has 4 heterocycles. The molecule has 1 spiro atoms. The highest BCUT2D eigenvalue weighted by Crippen LogP contribution is 2.54. The summed E-state index contributed by atoms with van der Waals surface area (Å²) in [5, 5.41) is 9.87. The van der Waals surface area contributed by atoms with E-state index in [9.17, 15) is 14.4 Å². The molecule has 28 heavy (non-hydrogen) atoms. The summed E-state index contributed by atoms with van der Waals surface area (Å²) in [5.41, 5.74) is -0.276. The molecule has 0 aliphatic carbocycles. The van der Waals surface area contributed by atoms with Gasteiger partial charge in [-0.1, -0.05) is 21.1 Å². The zero-order chi connectivity index (χ0) is 20.0. The highest BCUT2D eigenvalue weighted by atomic mass is 79.9. The van der Waals surface area contributed by atoms with Gasteiger partial charge in [0.1, 0.15) is 11.2 Å². The number of aryl methyl sites for hydroxylation is 1. The summed E-state index contributed by atoms with van der Waals surface area (Å²) >= 11 is 3.45. The van der Waals surface area contributed by atoms with Crippen LogP contribution in [0.15, 0.2) is 36.8 Å². The summed E-state index contributed by atoms with van der Waals surface area (Å²) in [6.45, 7) is 1.71. The molecule has 9 nitrogen and oxygen atoms in total. The average Bonchev–Trinajstić information content (AvgIpc) is 3.17. The molecule has 142 valence electrons. The van der Waals surface area contributed by atoms with E-state index in [2.05, 4.69) is 31.7 Å². The van der Waals surface area contributed by atoms with E-state index in [4.69, 9.17) is 4.52 Å². The van der Waals surface area contributed by atoms with Crippen molar-refractivity contribution in [2.24, 2.45) is 14.1 Å². The first-order valence-electron chi connectivity index (χ1n) is 8.44. The fourth-order valence-corrected chi connectivity index (χ4v) is 4.59. The predicted octanol–water partition coefficient (Wildman–Crippen LogP) is 1.49. The summed E-state index contributed by atoms with van der Waals surface area (Å²) in [6.07, 6.45) is 0. The van der Waals surface area contributed by atoms with E-state index in [1.807, 2.05) is 0 Å². The Balaban J connectivity index is 2.06. The Labute approximate surface area is 166 Å². The zero-order valence-electron chi connectivity index (χ0n) is 15.1. The Morgan fingerprint density at radius 1 is 1.11 bits per heavy atom. The third-order valence-electron chi connectivity index (χ3n) is 5.48. The molecule has 5 rings (SSSR count). The lowest BCUT2D eigenvalue weighted by Gasteiger charge is -2.34. The summed E-state index contributed by atoms with van der Waals surface area (Å²) < 4.78 is 8.45. The number of amides is 1. The van der Waals surface area contributed by atoms with E-state index in [0.717, 1.165) is 9.04 Å². The third kappa shape index (κ3) is 1.76. The number of nitrogens with one attached hydrogen (secondary N) is 2. The van der Waals surface area contributed by atoms with Crippen LogP contribution in [0.5, 0.6) is 0 Å². The van der Waals surface area contributed by atoms with E-state index in [1.54, 1.807) is 25.1 Å². The van der Waals surface area contributed by atoms with Crippen LogP contribution in [0.4, 0.5) is 17.4 Å². The van der Waals surface area contributed by atoms with Crippen molar-refractivity contribution in [1.29, 1.82) is 0 Å². The van der Waals surface area contributed by atoms with Crippen LogP contribution in [0.1, 0.15) is 22.4 Å². The Kier molecular flexibility index (Phi) is 3.17. The number of carbonyl (C=O) groups excluding carboxylic acids is 1. The minimum Gasteiger partial charge on any atom is -0.338 e. The molecule has 2 N–H and O–H groups in total. The average molecular weight is 444 g/mol. The second-order valence-electron chi connectivity index (χ2n) is 6.92. The van der Waals surface area contributed by atoms with E-state index in [1.165, 1.54) is 18.7 Å². The van der Waals surface area contributed by atoms with Crippen LogP contribution < -0.4 is 21.9 Å². The van der Waals surface area contributed by atoms with Gasteiger partial charge in [-0.2, -0.15) is 0 Å². The highest BCUT2D eigenvalue weighted by molar-refractivity contribution is 9.10. The Morgan fingerprint density at radius 3 is 2.61 bits per heavy atom. The standard InChI is InChI=1S/C18H14BrN5O4/c1-7-11-14(28-22-7)21-13-12(15(25)24(3)17(27)23(13)2)18(11)9-6-8(19)4-5-10(9)20-16(18)26/h4-6,21H,1-3H3,(H,20,26). The topological polar surface area (TPSA) is 111 Å². The number of aromatic nitrogens is 3. The number of hydrogen-bond donors (Lipinski definition) is 2. The normalized spacial score (nSPS) is 19.1. The van der Waals surface area contributed by atoms with Crippen molar-refractivity contribution in [1.82, 2.24) is 14.3 Å². The van der Waals surface area contributed by atoms with Gasteiger partial charge in [-0.3, -0.25) is 18.7 Å². The van der Waals surface area contributed by atoms with Crippen molar-refractivity contribution in [2.45, 2.75) is 12.3 Å². The molecule has 2 aliphatic heterocycles. The lowest BCUT2D eigenvalue weighted by molar-refractivity contribution is -0.118. The molecule has 3 aromatic rings. The van der Waals surface area contributed by atoms with Gasteiger partial charge in [-0.25, -0.2) is 4.79 Å². The van der Waals surface area contributed by atoms with Gasteiger partial charge in [0.2, 0.25) is 11.8 Å². The molecule has 0 radical (unpaired) electrons. The molecule has 1 unspecified atom stereocenters. The summed E-state index contributed by atoms with van der Waals surface area (Å²) in [5.74, 6) is 0.0441. The van der Waals surface area contributed by atoms with E-state index in [0.29, 0.717) is 22.5 Å². The summed E-state index contributed by atoms with van der Waals surface area (Å²) in [6, 6.07) is 5.37. The molecule has 0 saturated heterocycles. The van der Waals surface area contributed by atoms with Crippen molar-refractivity contribution in [3.8, 4) is 0 Å². The van der Waals surface area contributed by atoms with Gasteiger partial charge in [-0.05, 0) is 25.1 Å². The van der Waals surface area contributed by atoms with E-state index < -0.39 is 22.6 Å². The molecule has 2 aromatic heterocycles. The molecule has 0 saturated carbocycles. The number of anilines is 3. The number of nitrogens with zero attached hydrogens (tertiary/aromatic N) is 3. The molecule has 2 aliphatic rings. The molecular weight excluding hydrogens is 430 g/mol. The van der Waals surface area contributed by atoms with Crippen LogP contribution >= 0.6 is 15.9 Å². The number of carbonyl (C=O) groups is 1. The van der Waals surface area contributed by atoms with Crippen molar-refractivity contribution in [3.05, 3.63) is 65.9 Å². The number of halogens is 1. The van der Waals surface area contributed by atoms with Gasteiger partial charge in [-0.15, -0.1) is 0 Å². The number of rotatable bonds is 0. The Morgan fingerprint density at radius 2 is 1.86 bits per heavy atom. The monoisotopic (exact) mass is 443 g/mol. The van der Waals surface area contributed by atoms with Crippen LogP contribution in [0.25, 0.3) is 0 Å². The number of fused-ring (bicyclic) bond motifs is 6. The molecule has 1 aromatic carbocycles. The first-order chi connectivity index (χ1) is 13.3. The maximum atomic E-state index is 13.5. The second-order valence-corrected chi connectivity index (χ2v) is 7.84. The molecule has 10 heteroatoms. The quantitative estimate of drug-likeness (QED) is 0.544. The second kappa shape index (κ2) is 5.22. The molecule has 0 bridgehead atoms. The van der Waals surface area contributed by atoms with Gasteiger partial charge < -0.3 is 15.2 Å². The van der Waals surface area contributed by atoms with Crippen molar-refractivity contribution < 1.29 is 9.32 Å². The maximum Gasteiger partial charge on any atom is 0.332 e. The lowest BCUT2D eigenvalue weighted by atomic mass is 9.69. The van der Waals surface area contributed by atoms with Gasteiger partial charge in [0.25, 0.3) is 5.56 Å². The third-order valence-corrected chi connectivity index (χ3v) is 5.98. The minimum atomic E-state index is -1.49. The Hall–Kier alpha value is -3.14. The van der Waals surface area contributed by atoms with Crippen molar-refractivity contribution >= 4 is 39.2 Å². The predicted molar refractivity (Wildman–Crippen MR) is 104 cm³/mol. The van der Waals surface area contributed by atoms with Crippen LogP contribution in [0.3, 0.4) is 0 Å². The fourth-order valence-electron chi connectivity index (χ4n) is 4.23. The van der Waals surface area contributed by atoms with E-state index in [-0.39, 0.29) is 17.3 Å². The highest BCUT2D eigenvalue weighted by Gasteiger charge is 2.58. The summed E-state index contributed by atoms with van der Waals surface area (Å²) in [7, 11) is 2.92. The first kappa shape index (κ1) is 17.0. The SMILES string of the molecule is Cc1noc2c1C1(C(=O)Nc3ccc(Br)cc31)c1c(n(C)c(=O)n(C)c1=O)N2. The summed E-state index contributed by atoms with van der Waals surface area (Å²) in [4.78, 5) is 39.3. The van der Waals surface area contributed by atoms with Crippen LogP contribution in [-0.2, 0) is 24.3 Å². The smallest absolute Gasteiger partial charge is 0.332 e. The number of hydrogen-bond acceptors (Lipinski definition) is 6. The van der Waals surface area contributed by atoms with Gasteiger partial charge in [0, 0.05) is 29.8 Å². The van der Waals surface area contributed by atoms with Crippen molar-refractivity contribution in [2.75, 3.05) is 10.6 Å². The van der Waals surface area contributed by atoms with Gasteiger partial charge in [0.15, 0.2) is 0 Å². The molecular formula is C18H14BrN5O4. The molecule has 0 fully saturated rings. The first-order valence-corrected chi connectivity index (χ1v) is 9.23. The maximum absolute atomic E-state index is 13.5. The van der Waals surface area contributed by atoms with Gasteiger partial charge >= 0.3 is 5.69 Å². The van der Waals surface area contributed by atoms with Crippen LogP contribution in [0.2, 0.25) is 0 Å². The lowest BCUT2D eigenvalue weighted by Crippen LogP contribution is -2.50. The number of benzene rings is 1. The van der Waals surface area contributed by atoms with Gasteiger partial charge in [0.05, 0.1) is 16.8 Å². The van der Waals surface area contributed by atoms with Crippen LogP contribution in [0, 0.1) is 6.92 Å². The fraction of sp³-hybridized carbons (Fsp3) is 0.222. The van der Waals surface area contributed by atoms with Crippen LogP contribution in [-0.4, -0.2) is 20.2 Å². The minimum absolute atomic E-state index is 0.158. The molecule has 1 amide bonds.